The van der Waals surface area contributed by atoms with Crippen molar-refractivity contribution >= 4 is 23.4 Å². The van der Waals surface area contributed by atoms with Crippen LogP contribution in [0.4, 0.5) is 5.69 Å². The fourth-order valence-corrected chi connectivity index (χ4v) is 2.05. The Labute approximate surface area is 133 Å². The quantitative estimate of drug-likeness (QED) is 0.798. The molecule has 0 saturated heterocycles. The molecule has 0 radical (unpaired) electrons. The van der Waals surface area contributed by atoms with Gasteiger partial charge in [0.1, 0.15) is 0 Å². The average molecular weight is 312 g/mol. The summed E-state index contributed by atoms with van der Waals surface area (Å²) in [5.41, 5.74) is 3.05. The molecule has 0 bridgehead atoms. The van der Waals surface area contributed by atoms with Crippen LogP contribution in [0, 0.1) is 6.92 Å². The highest BCUT2D eigenvalue weighted by Crippen LogP contribution is 2.14. The smallest absolute Gasteiger partial charge is 0.181 e. The third-order valence-corrected chi connectivity index (χ3v) is 3.35. The molecular formula is C16H14ClN5. The van der Waals surface area contributed by atoms with E-state index < -0.39 is 0 Å². The van der Waals surface area contributed by atoms with Crippen LogP contribution in [-0.4, -0.2) is 20.2 Å². The number of hydrogen-bond donors (Lipinski definition) is 1. The number of hydrogen-bond acceptors (Lipinski definition) is 4. The maximum absolute atomic E-state index is 5.85. The fourth-order valence-electron chi connectivity index (χ4n) is 1.93. The first-order valence-corrected chi connectivity index (χ1v) is 7.14. The Balaban J connectivity index is 1.76. The molecule has 1 heterocycles. The minimum absolute atomic E-state index is 0.644. The SMILES string of the molecule is Cc1ccc(-n2nnnc2/C=C\Nc2ccc(Cl)cc2)cc1. The van der Waals surface area contributed by atoms with Gasteiger partial charge in [-0.3, -0.25) is 0 Å². The summed E-state index contributed by atoms with van der Waals surface area (Å²) in [5, 5.41) is 15.6. The summed E-state index contributed by atoms with van der Waals surface area (Å²) in [6.45, 7) is 2.04. The molecule has 1 aromatic heterocycles. The van der Waals surface area contributed by atoms with Crippen molar-refractivity contribution in [2.24, 2.45) is 0 Å². The molecule has 0 aliphatic carbocycles. The summed E-state index contributed by atoms with van der Waals surface area (Å²) < 4.78 is 1.68. The van der Waals surface area contributed by atoms with Gasteiger partial charge in [-0.05, 0) is 53.7 Å². The lowest BCUT2D eigenvalue weighted by Gasteiger charge is -2.03. The summed E-state index contributed by atoms with van der Waals surface area (Å²) in [7, 11) is 0. The maximum atomic E-state index is 5.85. The van der Waals surface area contributed by atoms with E-state index in [0.717, 1.165) is 11.4 Å². The second kappa shape index (κ2) is 6.41. The molecule has 0 fully saturated rings. The maximum Gasteiger partial charge on any atom is 0.181 e. The molecule has 0 aliphatic rings. The molecule has 1 N–H and O–H groups in total. The van der Waals surface area contributed by atoms with Gasteiger partial charge in [-0.25, -0.2) is 0 Å². The van der Waals surface area contributed by atoms with E-state index in [2.05, 4.69) is 20.8 Å². The third-order valence-electron chi connectivity index (χ3n) is 3.10. The van der Waals surface area contributed by atoms with Crippen LogP contribution in [-0.2, 0) is 0 Å². The molecule has 0 spiro atoms. The lowest BCUT2D eigenvalue weighted by molar-refractivity contribution is 0.786. The Bertz CT molecular complexity index is 775. The number of benzene rings is 2. The van der Waals surface area contributed by atoms with Crippen LogP contribution in [0.15, 0.2) is 54.7 Å². The van der Waals surface area contributed by atoms with Crippen molar-refractivity contribution in [1.82, 2.24) is 20.2 Å². The Morgan fingerprint density at radius 1 is 1.05 bits per heavy atom. The standard InChI is InChI=1S/C16H14ClN5/c1-12-2-8-15(9-3-12)22-16(19-20-21-22)10-11-18-14-6-4-13(17)5-7-14/h2-11,18H,1H3/b11-10-. The van der Waals surface area contributed by atoms with E-state index >= 15 is 0 Å². The fraction of sp³-hybridized carbons (Fsp3) is 0.0625. The highest BCUT2D eigenvalue weighted by Gasteiger charge is 2.04. The van der Waals surface area contributed by atoms with Gasteiger partial charge in [0, 0.05) is 23.0 Å². The normalized spacial score (nSPS) is 11.0. The van der Waals surface area contributed by atoms with Crippen LogP contribution in [0.25, 0.3) is 11.8 Å². The van der Waals surface area contributed by atoms with Gasteiger partial charge in [0.2, 0.25) is 0 Å². The molecule has 2 aromatic carbocycles. The van der Waals surface area contributed by atoms with Gasteiger partial charge in [-0.2, -0.15) is 4.68 Å². The van der Waals surface area contributed by atoms with Crippen molar-refractivity contribution in [1.29, 1.82) is 0 Å². The van der Waals surface area contributed by atoms with Crippen molar-refractivity contribution in [3.8, 4) is 5.69 Å². The van der Waals surface area contributed by atoms with Gasteiger partial charge in [-0.1, -0.05) is 29.3 Å². The van der Waals surface area contributed by atoms with E-state index in [1.165, 1.54) is 5.56 Å². The lowest BCUT2D eigenvalue weighted by atomic mass is 10.2. The Morgan fingerprint density at radius 3 is 2.50 bits per heavy atom. The monoisotopic (exact) mass is 311 g/mol. The van der Waals surface area contributed by atoms with E-state index in [9.17, 15) is 0 Å². The second-order valence-electron chi connectivity index (χ2n) is 4.77. The lowest BCUT2D eigenvalue weighted by Crippen LogP contribution is -1.99. The van der Waals surface area contributed by atoms with E-state index in [1.807, 2.05) is 61.5 Å². The number of halogens is 1. The second-order valence-corrected chi connectivity index (χ2v) is 5.21. The number of tetrazole rings is 1. The van der Waals surface area contributed by atoms with Gasteiger partial charge in [0.25, 0.3) is 0 Å². The van der Waals surface area contributed by atoms with Crippen molar-refractivity contribution in [2.75, 3.05) is 5.32 Å². The predicted molar refractivity (Wildman–Crippen MR) is 88.0 cm³/mol. The van der Waals surface area contributed by atoms with Crippen LogP contribution in [0.2, 0.25) is 5.02 Å². The molecule has 0 aliphatic heterocycles. The summed E-state index contributed by atoms with van der Waals surface area (Å²) in [4.78, 5) is 0. The third kappa shape index (κ3) is 3.32. The molecule has 0 atom stereocenters. The zero-order valence-electron chi connectivity index (χ0n) is 11.9. The first-order valence-electron chi connectivity index (χ1n) is 6.76. The first kappa shape index (κ1) is 14.3. The van der Waals surface area contributed by atoms with E-state index in [-0.39, 0.29) is 0 Å². The number of aromatic nitrogens is 4. The van der Waals surface area contributed by atoms with E-state index in [0.29, 0.717) is 10.8 Å². The van der Waals surface area contributed by atoms with Gasteiger partial charge in [-0.15, -0.1) is 5.10 Å². The minimum Gasteiger partial charge on any atom is -0.362 e. The highest BCUT2D eigenvalue weighted by molar-refractivity contribution is 6.30. The first-order chi connectivity index (χ1) is 10.7. The molecule has 3 rings (SSSR count). The number of anilines is 1. The topological polar surface area (TPSA) is 55.6 Å². The number of nitrogens with one attached hydrogen (secondary N) is 1. The van der Waals surface area contributed by atoms with Gasteiger partial charge < -0.3 is 5.32 Å². The molecule has 22 heavy (non-hydrogen) atoms. The van der Waals surface area contributed by atoms with Crippen molar-refractivity contribution < 1.29 is 0 Å². The van der Waals surface area contributed by atoms with Crippen LogP contribution in [0.5, 0.6) is 0 Å². The molecule has 0 unspecified atom stereocenters. The van der Waals surface area contributed by atoms with Crippen LogP contribution in [0.3, 0.4) is 0 Å². The molecule has 0 saturated carbocycles. The van der Waals surface area contributed by atoms with Crippen LogP contribution >= 0.6 is 11.6 Å². The number of rotatable bonds is 4. The number of nitrogens with zero attached hydrogens (tertiary/aromatic N) is 4. The summed E-state index contributed by atoms with van der Waals surface area (Å²) in [6, 6.07) is 15.5. The van der Waals surface area contributed by atoms with Crippen molar-refractivity contribution in [2.45, 2.75) is 6.92 Å². The van der Waals surface area contributed by atoms with Crippen molar-refractivity contribution in [3.63, 3.8) is 0 Å². The molecule has 110 valence electrons. The molecule has 0 amide bonds. The summed E-state index contributed by atoms with van der Waals surface area (Å²) >= 11 is 5.85. The van der Waals surface area contributed by atoms with Gasteiger partial charge >= 0.3 is 0 Å². The predicted octanol–water partition coefficient (Wildman–Crippen LogP) is 3.71. The Hall–Kier alpha value is -2.66. The Kier molecular flexibility index (Phi) is 4.16. The largest absolute Gasteiger partial charge is 0.362 e. The molecule has 3 aromatic rings. The molecular weight excluding hydrogens is 298 g/mol. The zero-order chi connectivity index (χ0) is 15.4. The zero-order valence-corrected chi connectivity index (χ0v) is 12.7. The summed E-state index contributed by atoms with van der Waals surface area (Å²) in [5.74, 6) is 0.644. The minimum atomic E-state index is 0.644. The van der Waals surface area contributed by atoms with E-state index in [1.54, 1.807) is 10.9 Å². The molecule has 6 heteroatoms. The van der Waals surface area contributed by atoms with Gasteiger partial charge in [0.05, 0.1) is 5.69 Å². The van der Waals surface area contributed by atoms with Crippen molar-refractivity contribution in [3.05, 3.63) is 71.1 Å². The van der Waals surface area contributed by atoms with Crippen LogP contribution < -0.4 is 5.32 Å². The average Bonchev–Trinajstić information content (AvgIpc) is 2.98. The Morgan fingerprint density at radius 2 is 1.77 bits per heavy atom. The van der Waals surface area contributed by atoms with Crippen LogP contribution in [0.1, 0.15) is 11.4 Å². The summed E-state index contributed by atoms with van der Waals surface area (Å²) in [6.07, 6.45) is 3.61. The highest BCUT2D eigenvalue weighted by atomic mass is 35.5. The molecule has 5 nitrogen and oxygen atoms in total. The van der Waals surface area contributed by atoms with E-state index in [4.69, 9.17) is 11.6 Å². The number of aryl methyl sites for hydroxylation is 1. The van der Waals surface area contributed by atoms with Gasteiger partial charge in [0.15, 0.2) is 5.82 Å².